The number of hydrogen-bond donors (Lipinski definition) is 0. The van der Waals surface area contributed by atoms with E-state index in [2.05, 4.69) is 10.9 Å². The molecule has 1 aromatic heterocycles. The number of terminal acetylenes is 1. The highest BCUT2D eigenvalue weighted by Crippen LogP contribution is 2.31. The molecule has 1 aliphatic rings. The molecule has 0 aromatic carbocycles. The molecule has 1 unspecified atom stereocenters. The van der Waals surface area contributed by atoms with Crippen LogP contribution in [0.1, 0.15) is 6.42 Å². The van der Waals surface area contributed by atoms with E-state index >= 15 is 0 Å². The first-order valence-electron chi connectivity index (χ1n) is 4.98. The standard InChI is InChI=1S/C11H9N3O3/c1-2-8-5-11(15)13(7-8)9-3-4-12-6-10(9)14(16)17/h1,3-4,6,8H,5,7H2. The van der Waals surface area contributed by atoms with Gasteiger partial charge in [0, 0.05) is 25.1 Å². The van der Waals surface area contributed by atoms with Gasteiger partial charge < -0.3 is 4.90 Å². The van der Waals surface area contributed by atoms with E-state index in [4.69, 9.17) is 6.42 Å². The third-order valence-electron chi connectivity index (χ3n) is 2.63. The predicted molar refractivity (Wildman–Crippen MR) is 60.2 cm³/mol. The summed E-state index contributed by atoms with van der Waals surface area (Å²) < 4.78 is 0. The summed E-state index contributed by atoms with van der Waals surface area (Å²) in [6.45, 7) is 0.320. The normalized spacial score (nSPS) is 19.1. The number of aromatic nitrogens is 1. The third kappa shape index (κ3) is 1.95. The lowest BCUT2D eigenvalue weighted by Gasteiger charge is -2.15. The Kier molecular flexibility index (Phi) is 2.75. The van der Waals surface area contributed by atoms with Crippen LogP contribution >= 0.6 is 0 Å². The van der Waals surface area contributed by atoms with Crippen molar-refractivity contribution in [2.45, 2.75) is 6.42 Å². The number of amides is 1. The Bertz CT molecular complexity index is 521. The highest BCUT2D eigenvalue weighted by molar-refractivity contribution is 5.98. The van der Waals surface area contributed by atoms with Crippen LogP contribution in [0.2, 0.25) is 0 Å². The average molecular weight is 231 g/mol. The van der Waals surface area contributed by atoms with E-state index in [0.29, 0.717) is 6.54 Å². The molecule has 2 rings (SSSR count). The molecule has 0 N–H and O–H groups in total. The number of nitro groups is 1. The minimum Gasteiger partial charge on any atom is -0.305 e. The van der Waals surface area contributed by atoms with E-state index < -0.39 is 4.92 Å². The Morgan fingerprint density at radius 2 is 2.41 bits per heavy atom. The monoisotopic (exact) mass is 231 g/mol. The van der Waals surface area contributed by atoms with Gasteiger partial charge in [0.05, 0.1) is 4.92 Å². The minimum absolute atomic E-state index is 0.182. The van der Waals surface area contributed by atoms with Gasteiger partial charge in [0.15, 0.2) is 0 Å². The summed E-state index contributed by atoms with van der Waals surface area (Å²) in [7, 11) is 0. The molecule has 0 bridgehead atoms. The van der Waals surface area contributed by atoms with Crippen LogP contribution in [0, 0.1) is 28.4 Å². The second-order valence-electron chi connectivity index (χ2n) is 3.69. The van der Waals surface area contributed by atoms with Crippen molar-refractivity contribution in [3.05, 3.63) is 28.6 Å². The van der Waals surface area contributed by atoms with E-state index in [9.17, 15) is 14.9 Å². The number of anilines is 1. The lowest BCUT2D eigenvalue weighted by molar-refractivity contribution is -0.384. The topological polar surface area (TPSA) is 76.3 Å². The summed E-state index contributed by atoms with van der Waals surface area (Å²) in [6, 6.07) is 1.45. The van der Waals surface area contributed by atoms with Crippen molar-refractivity contribution in [2.75, 3.05) is 11.4 Å². The van der Waals surface area contributed by atoms with Gasteiger partial charge in [-0.3, -0.25) is 19.9 Å². The van der Waals surface area contributed by atoms with Gasteiger partial charge in [-0.05, 0) is 6.07 Å². The fraction of sp³-hybridized carbons (Fsp3) is 0.273. The maximum Gasteiger partial charge on any atom is 0.311 e. The Hall–Kier alpha value is -2.42. The maximum absolute atomic E-state index is 11.7. The van der Waals surface area contributed by atoms with Gasteiger partial charge in [-0.25, -0.2) is 0 Å². The Morgan fingerprint density at radius 1 is 1.65 bits per heavy atom. The molecule has 17 heavy (non-hydrogen) atoms. The Morgan fingerprint density at radius 3 is 3.00 bits per heavy atom. The van der Waals surface area contributed by atoms with Gasteiger partial charge in [0.2, 0.25) is 5.91 Å². The van der Waals surface area contributed by atoms with Gasteiger partial charge >= 0.3 is 5.69 Å². The van der Waals surface area contributed by atoms with Crippen LogP contribution < -0.4 is 4.90 Å². The van der Waals surface area contributed by atoms with Crippen molar-refractivity contribution < 1.29 is 9.72 Å². The zero-order valence-electron chi connectivity index (χ0n) is 8.87. The number of hydrogen-bond acceptors (Lipinski definition) is 4. The fourth-order valence-corrected chi connectivity index (χ4v) is 1.80. The summed E-state index contributed by atoms with van der Waals surface area (Å²) in [5.41, 5.74) is 0.0753. The van der Waals surface area contributed by atoms with Gasteiger partial charge in [-0.1, -0.05) is 0 Å². The molecule has 0 radical (unpaired) electrons. The van der Waals surface area contributed by atoms with Crippen molar-refractivity contribution >= 4 is 17.3 Å². The lowest BCUT2D eigenvalue weighted by Crippen LogP contribution is -2.25. The molecule has 2 heterocycles. The summed E-state index contributed by atoms with van der Waals surface area (Å²) >= 11 is 0. The molecule has 86 valence electrons. The van der Waals surface area contributed by atoms with Crippen LogP contribution in [-0.2, 0) is 4.79 Å². The van der Waals surface area contributed by atoms with Crippen molar-refractivity contribution in [1.82, 2.24) is 4.98 Å². The van der Waals surface area contributed by atoms with Crippen LogP contribution in [0.4, 0.5) is 11.4 Å². The highest BCUT2D eigenvalue weighted by atomic mass is 16.6. The van der Waals surface area contributed by atoms with Crippen LogP contribution in [0.25, 0.3) is 0 Å². The van der Waals surface area contributed by atoms with Gasteiger partial charge in [0.25, 0.3) is 0 Å². The molecule has 1 aromatic rings. The minimum atomic E-state index is -0.557. The summed E-state index contributed by atoms with van der Waals surface area (Å²) in [5.74, 6) is 2.12. The van der Waals surface area contributed by atoms with E-state index in [1.807, 2.05) is 0 Å². The smallest absolute Gasteiger partial charge is 0.305 e. The molecule has 0 saturated carbocycles. The van der Waals surface area contributed by atoms with Gasteiger partial charge in [-0.2, -0.15) is 0 Å². The van der Waals surface area contributed by atoms with E-state index in [-0.39, 0.29) is 29.6 Å². The first-order valence-corrected chi connectivity index (χ1v) is 4.98. The van der Waals surface area contributed by atoms with Crippen LogP contribution in [0.3, 0.4) is 0 Å². The molecule has 1 saturated heterocycles. The molecule has 6 heteroatoms. The number of carbonyl (C=O) groups is 1. The average Bonchev–Trinajstić information content (AvgIpc) is 2.70. The summed E-state index contributed by atoms with van der Waals surface area (Å²) in [5, 5.41) is 10.8. The van der Waals surface area contributed by atoms with Crippen molar-refractivity contribution in [2.24, 2.45) is 5.92 Å². The van der Waals surface area contributed by atoms with E-state index in [0.717, 1.165) is 6.20 Å². The molecule has 1 atom stereocenters. The van der Waals surface area contributed by atoms with E-state index in [1.54, 1.807) is 0 Å². The van der Waals surface area contributed by atoms with Crippen LogP contribution in [0.5, 0.6) is 0 Å². The van der Waals surface area contributed by atoms with Crippen molar-refractivity contribution in [1.29, 1.82) is 0 Å². The molecule has 0 aliphatic carbocycles. The molecule has 1 aliphatic heterocycles. The fourth-order valence-electron chi connectivity index (χ4n) is 1.80. The second-order valence-corrected chi connectivity index (χ2v) is 3.69. The molecular weight excluding hydrogens is 222 g/mol. The number of nitrogens with zero attached hydrogens (tertiary/aromatic N) is 3. The molecule has 6 nitrogen and oxygen atoms in total. The lowest BCUT2D eigenvalue weighted by atomic mass is 10.1. The van der Waals surface area contributed by atoms with Crippen LogP contribution in [-0.4, -0.2) is 22.4 Å². The zero-order chi connectivity index (χ0) is 12.4. The largest absolute Gasteiger partial charge is 0.311 e. The summed E-state index contributed by atoms with van der Waals surface area (Å²) in [6.07, 6.45) is 8.04. The van der Waals surface area contributed by atoms with Gasteiger partial charge in [0.1, 0.15) is 11.9 Å². The first kappa shape index (κ1) is 11.1. The zero-order valence-corrected chi connectivity index (χ0v) is 8.87. The van der Waals surface area contributed by atoms with Gasteiger partial charge in [-0.15, -0.1) is 12.3 Å². The first-order chi connectivity index (χ1) is 8.13. The van der Waals surface area contributed by atoms with Crippen LogP contribution in [0.15, 0.2) is 18.5 Å². The maximum atomic E-state index is 11.7. The molecule has 1 fully saturated rings. The number of carbonyl (C=O) groups excluding carboxylic acids is 1. The SMILES string of the molecule is C#CC1CC(=O)N(c2ccncc2[N+](=O)[O-])C1. The highest BCUT2D eigenvalue weighted by Gasteiger charge is 2.33. The summed E-state index contributed by atoms with van der Waals surface area (Å²) in [4.78, 5) is 27.0. The van der Waals surface area contributed by atoms with E-state index in [1.165, 1.54) is 17.2 Å². The van der Waals surface area contributed by atoms with Crippen molar-refractivity contribution in [3.8, 4) is 12.3 Å². The molecule has 0 spiro atoms. The van der Waals surface area contributed by atoms with Crippen molar-refractivity contribution in [3.63, 3.8) is 0 Å². The third-order valence-corrected chi connectivity index (χ3v) is 2.63. The molecule has 1 amide bonds. The Labute approximate surface area is 97.4 Å². The quantitative estimate of drug-likeness (QED) is 0.432. The Balaban J connectivity index is 2.39. The molecular formula is C11H9N3O3. The second kappa shape index (κ2) is 4.22. The number of pyridine rings is 1. The number of rotatable bonds is 2. The predicted octanol–water partition coefficient (Wildman–Crippen LogP) is 0.976.